The van der Waals surface area contributed by atoms with Crippen LogP contribution in [-0.2, 0) is 14.8 Å². The lowest BCUT2D eigenvalue weighted by Crippen LogP contribution is -2.32. The third kappa shape index (κ3) is 4.91. The molecule has 0 aromatic heterocycles. The molecule has 23 heavy (non-hydrogen) atoms. The molecular formula is C15H21ClN2O4S. The van der Waals surface area contributed by atoms with Gasteiger partial charge in [0.15, 0.2) is 0 Å². The predicted molar refractivity (Wildman–Crippen MR) is 88.2 cm³/mol. The number of hydrogen-bond acceptors (Lipinski definition) is 4. The van der Waals surface area contributed by atoms with Gasteiger partial charge in [0.05, 0.1) is 11.1 Å². The van der Waals surface area contributed by atoms with E-state index in [4.69, 9.17) is 16.3 Å². The van der Waals surface area contributed by atoms with E-state index in [0.717, 1.165) is 19.3 Å². The Morgan fingerprint density at radius 2 is 2.22 bits per heavy atom. The number of carbonyl (C=O) groups is 1. The minimum atomic E-state index is -3.80. The van der Waals surface area contributed by atoms with Crippen molar-refractivity contribution >= 4 is 27.5 Å². The van der Waals surface area contributed by atoms with Crippen molar-refractivity contribution in [3.8, 4) is 0 Å². The van der Waals surface area contributed by atoms with Gasteiger partial charge in [-0.1, -0.05) is 18.5 Å². The standard InChI is InChI=1S/C15H21ClN2O4S/c1-2-7-17-15(19)11-5-6-13(16)14(9-11)23(20,21)18-10-12-4-3-8-22-12/h5-6,9,12,18H,2-4,7-8,10H2,1H3,(H,17,19). The number of carbonyl (C=O) groups excluding carboxylic acids is 1. The first-order valence-corrected chi connectivity index (χ1v) is 9.49. The van der Waals surface area contributed by atoms with Crippen molar-refractivity contribution in [1.29, 1.82) is 0 Å². The molecule has 1 fully saturated rings. The number of nitrogens with one attached hydrogen (secondary N) is 2. The smallest absolute Gasteiger partial charge is 0.251 e. The van der Waals surface area contributed by atoms with Crippen molar-refractivity contribution in [2.75, 3.05) is 19.7 Å². The van der Waals surface area contributed by atoms with Crippen LogP contribution in [0.15, 0.2) is 23.1 Å². The molecule has 0 radical (unpaired) electrons. The van der Waals surface area contributed by atoms with E-state index in [1.165, 1.54) is 18.2 Å². The molecule has 0 aliphatic carbocycles. The van der Waals surface area contributed by atoms with Crippen LogP contribution in [0.3, 0.4) is 0 Å². The average molecular weight is 361 g/mol. The molecule has 1 saturated heterocycles. The molecule has 2 rings (SSSR count). The van der Waals surface area contributed by atoms with E-state index in [9.17, 15) is 13.2 Å². The second-order valence-electron chi connectivity index (χ2n) is 5.39. The fourth-order valence-corrected chi connectivity index (χ4v) is 3.87. The predicted octanol–water partition coefficient (Wildman–Crippen LogP) is 1.94. The lowest BCUT2D eigenvalue weighted by molar-refractivity contribution is 0.0953. The van der Waals surface area contributed by atoms with Crippen molar-refractivity contribution in [2.24, 2.45) is 0 Å². The third-order valence-electron chi connectivity index (χ3n) is 3.54. The Morgan fingerprint density at radius 3 is 2.87 bits per heavy atom. The fourth-order valence-electron chi connectivity index (χ4n) is 2.28. The SMILES string of the molecule is CCCNC(=O)c1ccc(Cl)c(S(=O)(=O)NCC2CCCO2)c1. The van der Waals surface area contributed by atoms with Crippen molar-refractivity contribution in [1.82, 2.24) is 10.0 Å². The summed E-state index contributed by atoms with van der Waals surface area (Å²) in [5.41, 5.74) is 0.264. The van der Waals surface area contributed by atoms with E-state index in [2.05, 4.69) is 10.0 Å². The second kappa shape index (κ2) is 8.10. The van der Waals surface area contributed by atoms with Crippen LogP contribution in [0, 0.1) is 0 Å². The Bertz CT molecular complexity index is 657. The van der Waals surface area contributed by atoms with Crippen LogP contribution < -0.4 is 10.0 Å². The van der Waals surface area contributed by atoms with Gasteiger partial charge >= 0.3 is 0 Å². The Kier molecular flexibility index (Phi) is 6.41. The first-order valence-electron chi connectivity index (χ1n) is 7.63. The van der Waals surface area contributed by atoms with Crippen molar-refractivity contribution in [2.45, 2.75) is 37.2 Å². The van der Waals surface area contributed by atoms with E-state index < -0.39 is 10.0 Å². The number of amides is 1. The van der Waals surface area contributed by atoms with Crippen LogP contribution in [-0.4, -0.2) is 40.1 Å². The van der Waals surface area contributed by atoms with E-state index in [-0.39, 0.29) is 34.0 Å². The van der Waals surface area contributed by atoms with Crippen LogP contribution in [0.1, 0.15) is 36.5 Å². The molecule has 0 saturated carbocycles. The van der Waals surface area contributed by atoms with Crippen molar-refractivity contribution < 1.29 is 17.9 Å². The van der Waals surface area contributed by atoms with Crippen LogP contribution in [0.5, 0.6) is 0 Å². The molecule has 6 nitrogen and oxygen atoms in total. The lowest BCUT2D eigenvalue weighted by Gasteiger charge is -2.13. The van der Waals surface area contributed by atoms with Gasteiger partial charge in [-0.2, -0.15) is 0 Å². The number of rotatable bonds is 7. The van der Waals surface area contributed by atoms with E-state index in [0.29, 0.717) is 13.2 Å². The summed E-state index contributed by atoms with van der Waals surface area (Å²) in [5, 5.41) is 2.79. The molecule has 2 N–H and O–H groups in total. The highest BCUT2D eigenvalue weighted by Gasteiger charge is 2.23. The van der Waals surface area contributed by atoms with Gasteiger partial charge in [0, 0.05) is 25.3 Å². The van der Waals surface area contributed by atoms with Gasteiger partial charge in [0.2, 0.25) is 10.0 Å². The van der Waals surface area contributed by atoms with Crippen molar-refractivity contribution in [3.63, 3.8) is 0 Å². The quantitative estimate of drug-likeness (QED) is 0.778. The lowest BCUT2D eigenvalue weighted by atomic mass is 10.2. The van der Waals surface area contributed by atoms with Gasteiger partial charge in [-0.25, -0.2) is 13.1 Å². The highest BCUT2D eigenvalue weighted by Crippen LogP contribution is 2.23. The third-order valence-corrected chi connectivity index (χ3v) is 5.45. The molecule has 128 valence electrons. The molecule has 8 heteroatoms. The molecule has 1 amide bonds. The van der Waals surface area contributed by atoms with Gasteiger partial charge in [0.25, 0.3) is 5.91 Å². The summed E-state index contributed by atoms with van der Waals surface area (Å²) in [6.45, 7) is 3.32. The average Bonchev–Trinajstić information content (AvgIpc) is 3.04. The molecule has 1 heterocycles. The summed E-state index contributed by atoms with van der Waals surface area (Å²) in [7, 11) is -3.80. The molecule has 1 aromatic rings. The number of benzene rings is 1. The zero-order valence-electron chi connectivity index (χ0n) is 13.0. The van der Waals surface area contributed by atoms with Crippen LogP contribution in [0.25, 0.3) is 0 Å². The minimum absolute atomic E-state index is 0.0804. The normalized spacial score (nSPS) is 18.1. The summed E-state index contributed by atoms with van der Waals surface area (Å²) in [4.78, 5) is 11.9. The molecule has 1 aromatic carbocycles. The minimum Gasteiger partial charge on any atom is -0.377 e. The monoisotopic (exact) mass is 360 g/mol. The summed E-state index contributed by atoms with van der Waals surface area (Å²) < 4.78 is 32.7. The number of sulfonamides is 1. The van der Waals surface area contributed by atoms with Crippen LogP contribution in [0.4, 0.5) is 0 Å². The largest absolute Gasteiger partial charge is 0.377 e. The maximum atomic E-state index is 12.4. The molecule has 1 atom stereocenters. The highest BCUT2D eigenvalue weighted by atomic mass is 35.5. The van der Waals surface area contributed by atoms with Gasteiger partial charge in [-0.15, -0.1) is 0 Å². The van der Waals surface area contributed by atoms with Gasteiger partial charge in [-0.3, -0.25) is 4.79 Å². The summed E-state index contributed by atoms with van der Waals surface area (Å²) >= 11 is 6.00. The van der Waals surface area contributed by atoms with Gasteiger partial charge < -0.3 is 10.1 Å². The molecule has 1 aliphatic heterocycles. The topological polar surface area (TPSA) is 84.5 Å². The van der Waals surface area contributed by atoms with Crippen LogP contribution >= 0.6 is 11.6 Å². The number of halogens is 1. The molecule has 0 bridgehead atoms. The second-order valence-corrected chi connectivity index (χ2v) is 7.53. The maximum absolute atomic E-state index is 12.4. The molecule has 1 aliphatic rings. The maximum Gasteiger partial charge on any atom is 0.251 e. The number of ether oxygens (including phenoxy) is 1. The van der Waals surface area contributed by atoms with Gasteiger partial charge in [0.1, 0.15) is 4.90 Å². The molecular weight excluding hydrogens is 340 g/mol. The summed E-state index contributed by atoms with van der Waals surface area (Å²) in [5.74, 6) is -0.320. The zero-order valence-corrected chi connectivity index (χ0v) is 14.5. The van der Waals surface area contributed by atoms with Crippen molar-refractivity contribution in [3.05, 3.63) is 28.8 Å². The first kappa shape index (κ1) is 18.2. The Morgan fingerprint density at radius 1 is 1.43 bits per heavy atom. The zero-order chi connectivity index (χ0) is 16.9. The van der Waals surface area contributed by atoms with E-state index >= 15 is 0 Å². The summed E-state index contributed by atoms with van der Waals surface area (Å²) in [6, 6.07) is 4.22. The Balaban J connectivity index is 2.14. The van der Waals surface area contributed by atoms with Gasteiger partial charge in [-0.05, 0) is 37.5 Å². The first-order chi connectivity index (χ1) is 10.9. The van der Waals surface area contributed by atoms with E-state index in [1.54, 1.807) is 0 Å². The number of hydrogen-bond donors (Lipinski definition) is 2. The van der Waals surface area contributed by atoms with E-state index in [1.807, 2.05) is 6.92 Å². The fraction of sp³-hybridized carbons (Fsp3) is 0.533. The Hall–Kier alpha value is -1.15. The molecule has 1 unspecified atom stereocenters. The summed E-state index contributed by atoms with van der Waals surface area (Å²) in [6.07, 6.45) is 2.45. The van der Waals surface area contributed by atoms with Crippen LogP contribution in [0.2, 0.25) is 5.02 Å². The highest BCUT2D eigenvalue weighted by molar-refractivity contribution is 7.89. The molecule has 0 spiro atoms. The Labute approximate surface area is 141 Å².